The summed E-state index contributed by atoms with van der Waals surface area (Å²) in [4.78, 5) is 13.1. The van der Waals surface area contributed by atoms with Crippen molar-refractivity contribution in [3.8, 4) is 11.5 Å². The van der Waals surface area contributed by atoms with E-state index < -0.39 is 11.5 Å². The van der Waals surface area contributed by atoms with Crippen LogP contribution in [-0.2, 0) is 17.0 Å². The first-order chi connectivity index (χ1) is 17.5. The summed E-state index contributed by atoms with van der Waals surface area (Å²) < 4.78 is 24.6. The third-order valence-electron chi connectivity index (χ3n) is 5.56. The Kier molecular flexibility index (Phi) is 7.72. The summed E-state index contributed by atoms with van der Waals surface area (Å²) in [7, 11) is 1.51. The molecule has 0 fully saturated rings. The highest BCUT2D eigenvalue weighted by Crippen LogP contribution is 2.30. The van der Waals surface area contributed by atoms with Crippen molar-refractivity contribution in [2.75, 3.05) is 7.11 Å². The minimum Gasteiger partial charge on any atom is -0.493 e. The SMILES string of the molecule is COc1cc(/C=N/NC(=O)C(O)(c2ccccc2)c2ccccc2)ccc1OCc1cccc(F)c1. The van der Waals surface area contributed by atoms with Gasteiger partial charge in [-0.1, -0.05) is 72.8 Å². The Morgan fingerprint density at radius 3 is 2.19 bits per heavy atom. The number of amides is 1. The van der Waals surface area contributed by atoms with E-state index in [1.165, 1.54) is 25.5 Å². The summed E-state index contributed by atoms with van der Waals surface area (Å²) >= 11 is 0. The van der Waals surface area contributed by atoms with Gasteiger partial charge < -0.3 is 14.6 Å². The Morgan fingerprint density at radius 2 is 1.58 bits per heavy atom. The van der Waals surface area contributed by atoms with Gasteiger partial charge in [0, 0.05) is 0 Å². The van der Waals surface area contributed by atoms with Crippen LogP contribution in [-0.4, -0.2) is 24.3 Å². The lowest BCUT2D eigenvalue weighted by Gasteiger charge is -2.27. The van der Waals surface area contributed by atoms with Gasteiger partial charge in [0.1, 0.15) is 12.4 Å². The summed E-state index contributed by atoms with van der Waals surface area (Å²) in [6.45, 7) is 0.176. The standard InChI is InChI=1S/C29H25FN2O4/c1-35-27-18-21(15-16-26(27)36-20-22-9-8-14-25(30)17-22)19-31-32-28(33)29(34,23-10-4-2-5-11-23)24-12-6-3-7-13-24/h2-19,34H,20H2,1H3,(H,32,33)/b31-19+. The quantitative estimate of drug-likeness (QED) is 0.264. The Bertz CT molecular complexity index is 1300. The van der Waals surface area contributed by atoms with Crippen LogP contribution in [0.5, 0.6) is 11.5 Å². The van der Waals surface area contributed by atoms with Gasteiger partial charge in [0.15, 0.2) is 17.1 Å². The molecule has 0 saturated carbocycles. The Labute approximate surface area is 208 Å². The Hall–Kier alpha value is -4.49. The maximum absolute atomic E-state index is 13.4. The van der Waals surface area contributed by atoms with Crippen molar-refractivity contribution < 1.29 is 23.8 Å². The largest absolute Gasteiger partial charge is 0.493 e. The van der Waals surface area contributed by atoms with Crippen LogP contribution in [0, 0.1) is 5.82 Å². The number of halogens is 1. The molecule has 36 heavy (non-hydrogen) atoms. The second kappa shape index (κ2) is 11.3. The number of nitrogens with one attached hydrogen (secondary N) is 1. The first-order valence-electron chi connectivity index (χ1n) is 11.2. The van der Waals surface area contributed by atoms with E-state index in [1.54, 1.807) is 78.9 Å². The van der Waals surface area contributed by atoms with E-state index >= 15 is 0 Å². The van der Waals surface area contributed by atoms with Crippen LogP contribution in [0.2, 0.25) is 0 Å². The molecule has 6 nitrogen and oxygen atoms in total. The number of hydrogen-bond donors (Lipinski definition) is 2. The molecule has 4 aromatic carbocycles. The summed E-state index contributed by atoms with van der Waals surface area (Å²) in [5.74, 6) is -0.0986. The highest BCUT2D eigenvalue weighted by molar-refractivity contribution is 5.91. The number of nitrogens with zero attached hydrogens (tertiary/aromatic N) is 1. The molecule has 0 aliphatic heterocycles. The van der Waals surface area contributed by atoms with Crippen LogP contribution in [0.25, 0.3) is 0 Å². The first-order valence-corrected chi connectivity index (χ1v) is 11.2. The fourth-order valence-electron chi connectivity index (χ4n) is 3.71. The second-order valence-electron chi connectivity index (χ2n) is 7.97. The third-order valence-corrected chi connectivity index (χ3v) is 5.56. The van der Waals surface area contributed by atoms with E-state index in [1.807, 2.05) is 12.1 Å². The highest BCUT2D eigenvalue weighted by Gasteiger charge is 2.39. The smallest absolute Gasteiger partial charge is 0.281 e. The average molecular weight is 485 g/mol. The summed E-state index contributed by atoms with van der Waals surface area (Å²) in [5, 5.41) is 15.5. The number of ether oxygens (including phenoxy) is 2. The molecule has 0 saturated heterocycles. The summed E-state index contributed by atoms with van der Waals surface area (Å²) in [6.07, 6.45) is 1.44. The van der Waals surface area contributed by atoms with Gasteiger partial charge >= 0.3 is 0 Å². The molecular formula is C29H25FN2O4. The molecule has 0 aliphatic rings. The van der Waals surface area contributed by atoms with Crippen molar-refractivity contribution >= 4 is 12.1 Å². The number of carbonyl (C=O) groups is 1. The van der Waals surface area contributed by atoms with Crippen molar-refractivity contribution in [3.05, 3.63) is 131 Å². The molecule has 4 rings (SSSR count). The molecule has 0 bridgehead atoms. The van der Waals surface area contributed by atoms with Crippen LogP contribution < -0.4 is 14.9 Å². The minimum absolute atomic E-state index is 0.176. The number of rotatable bonds is 9. The van der Waals surface area contributed by atoms with Gasteiger partial charge in [-0.05, 0) is 52.6 Å². The molecule has 0 radical (unpaired) electrons. The van der Waals surface area contributed by atoms with Gasteiger partial charge in [0.2, 0.25) is 0 Å². The number of hydrogen-bond acceptors (Lipinski definition) is 5. The first kappa shape index (κ1) is 24.6. The molecular weight excluding hydrogens is 459 g/mol. The maximum atomic E-state index is 13.4. The van der Waals surface area contributed by atoms with Crippen LogP contribution in [0.3, 0.4) is 0 Å². The lowest BCUT2D eigenvalue weighted by atomic mass is 9.85. The molecule has 4 aromatic rings. The van der Waals surface area contributed by atoms with Crippen molar-refractivity contribution in [2.24, 2.45) is 5.10 Å². The summed E-state index contributed by atoms with van der Waals surface area (Å²) in [5.41, 5.74) is 2.69. The summed E-state index contributed by atoms with van der Waals surface area (Å²) in [6, 6.07) is 28.7. The molecule has 0 spiro atoms. The van der Waals surface area contributed by atoms with Crippen molar-refractivity contribution in [1.29, 1.82) is 0 Å². The normalized spacial score (nSPS) is 11.3. The number of hydrazone groups is 1. The number of carbonyl (C=O) groups excluding carboxylic acids is 1. The van der Waals surface area contributed by atoms with E-state index in [-0.39, 0.29) is 12.4 Å². The van der Waals surface area contributed by atoms with Gasteiger partial charge in [-0.25, -0.2) is 9.82 Å². The zero-order valence-electron chi connectivity index (χ0n) is 19.6. The number of benzene rings is 4. The molecule has 182 valence electrons. The van der Waals surface area contributed by atoms with E-state index in [0.717, 1.165) is 0 Å². The molecule has 0 aromatic heterocycles. The third kappa shape index (κ3) is 5.59. The van der Waals surface area contributed by atoms with E-state index in [0.29, 0.717) is 33.8 Å². The predicted octanol–water partition coefficient (Wildman–Crippen LogP) is 4.80. The van der Waals surface area contributed by atoms with Crippen LogP contribution in [0.1, 0.15) is 22.3 Å². The lowest BCUT2D eigenvalue weighted by Crippen LogP contribution is -2.43. The van der Waals surface area contributed by atoms with Gasteiger partial charge in [-0.3, -0.25) is 4.79 Å². The van der Waals surface area contributed by atoms with Gasteiger partial charge in [0.05, 0.1) is 13.3 Å². The highest BCUT2D eigenvalue weighted by atomic mass is 19.1. The van der Waals surface area contributed by atoms with Crippen LogP contribution >= 0.6 is 0 Å². The molecule has 0 heterocycles. The van der Waals surface area contributed by atoms with Crippen molar-refractivity contribution in [3.63, 3.8) is 0 Å². The zero-order valence-corrected chi connectivity index (χ0v) is 19.6. The fourth-order valence-corrected chi connectivity index (χ4v) is 3.71. The van der Waals surface area contributed by atoms with E-state index in [9.17, 15) is 14.3 Å². The Balaban J connectivity index is 1.48. The Morgan fingerprint density at radius 1 is 0.917 bits per heavy atom. The number of methoxy groups -OCH3 is 1. The zero-order chi connectivity index (χ0) is 25.4. The van der Waals surface area contributed by atoms with Crippen LogP contribution in [0.4, 0.5) is 4.39 Å². The van der Waals surface area contributed by atoms with Crippen molar-refractivity contribution in [1.82, 2.24) is 5.43 Å². The van der Waals surface area contributed by atoms with Gasteiger partial charge in [0.25, 0.3) is 5.91 Å². The fraction of sp³-hybridized carbons (Fsp3) is 0.103. The minimum atomic E-state index is -1.92. The molecule has 0 aliphatic carbocycles. The topological polar surface area (TPSA) is 80.2 Å². The van der Waals surface area contributed by atoms with Crippen molar-refractivity contribution in [2.45, 2.75) is 12.2 Å². The monoisotopic (exact) mass is 484 g/mol. The molecule has 0 atom stereocenters. The average Bonchev–Trinajstić information content (AvgIpc) is 2.92. The molecule has 7 heteroatoms. The molecule has 0 unspecified atom stereocenters. The molecule has 1 amide bonds. The lowest BCUT2D eigenvalue weighted by molar-refractivity contribution is -0.136. The maximum Gasteiger partial charge on any atom is 0.281 e. The van der Waals surface area contributed by atoms with Crippen LogP contribution in [0.15, 0.2) is 108 Å². The van der Waals surface area contributed by atoms with E-state index in [4.69, 9.17) is 9.47 Å². The predicted molar refractivity (Wildman–Crippen MR) is 135 cm³/mol. The second-order valence-corrected chi connectivity index (χ2v) is 7.97. The van der Waals surface area contributed by atoms with Gasteiger partial charge in [-0.15, -0.1) is 0 Å². The molecule has 2 N–H and O–H groups in total. The number of aliphatic hydroxyl groups is 1. The van der Waals surface area contributed by atoms with E-state index in [2.05, 4.69) is 10.5 Å². The van der Waals surface area contributed by atoms with Gasteiger partial charge in [-0.2, -0.15) is 5.10 Å².